The molecule has 2 rings (SSSR count). The molecule has 1 heterocycles. The largest absolute Gasteiger partial charge is 0.449 e. The Bertz CT molecular complexity index is 585. The van der Waals surface area contributed by atoms with Crippen molar-refractivity contribution in [3.05, 3.63) is 23.8 Å². The van der Waals surface area contributed by atoms with Gasteiger partial charge in [0.05, 0.1) is 17.2 Å². The molecule has 18 heavy (non-hydrogen) atoms. The first kappa shape index (κ1) is 13.2. The van der Waals surface area contributed by atoms with Crippen molar-refractivity contribution in [1.82, 2.24) is 0 Å². The van der Waals surface area contributed by atoms with Crippen LogP contribution in [0.4, 0.5) is 10.5 Å². The van der Waals surface area contributed by atoms with Gasteiger partial charge in [-0.3, -0.25) is 4.90 Å². The van der Waals surface area contributed by atoms with E-state index in [-0.39, 0.29) is 4.90 Å². The lowest BCUT2D eigenvalue weighted by molar-refractivity contribution is 0.160. The van der Waals surface area contributed by atoms with E-state index in [9.17, 15) is 13.2 Å². The Balaban J connectivity index is 2.34. The third-order valence-electron chi connectivity index (χ3n) is 2.72. The van der Waals surface area contributed by atoms with Crippen LogP contribution in [0.25, 0.3) is 0 Å². The van der Waals surface area contributed by atoms with Gasteiger partial charge in [0.2, 0.25) is 0 Å². The van der Waals surface area contributed by atoms with E-state index in [1.54, 1.807) is 13.0 Å². The zero-order valence-corrected chi connectivity index (χ0v) is 11.3. The highest BCUT2D eigenvalue weighted by Crippen LogP contribution is 2.31. The third-order valence-corrected chi connectivity index (χ3v) is 4.07. The molecule has 0 fully saturated rings. The van der Waals surface area contributed by atoms with Gasteiger partial charge in [-0.05, 0) is 37.1 Å². The van der Waals surface area contributed by atoms with Crippen LogP contribution in [0.15, 0.2) is 23.1 Å². The molecule has 0 atom stereocenters. The Kier molecular flexibility index (Phi) is 3.49. The van der Waals surface area contributed by atoms with Crippen molar-refractivity contribution >= 4 is 31.5 Å². The van der Waals surface area contributed by atoms with Crippen molar-refractivity contribution in [1.29, 1.82) is 0 Å². The summed E-state index contributed by atoms with van der Waals surface area (Å²) in [4.78, 5) is 13.2. The summed E-state index contributed by atoms with van der Waals surface area (Å²) in [5.41, 5.74) is 1.46. The van der Waals surface area contributed by atoms with Crippen LogP contribution in [0.2, 0.25) is 0 Å². The summed E-state index contributed by atoms with van der Waals surface area (Å²) in [7, 11) is 1.54. The molecule has 0 unspecified atom stereocenters. The molecule has 5 nitrogen and oxygen atoms in total. The van der Waals surface area contributed by atoms with Gasteiger partial charge in [0.25, 0.3) is 9.05 Å². The summed E-state index contributed by atoms with van der Waals surface area (Å²) in [6.45, 7) is 2.52. The maximum absolute atomic E-state index is 11.6. The number of anilines is 1. The lowest BCUT2D eigenvalue weighted by atomic mass is 10.2. The second-order valence-electron chi connectivity index (χ2n) is 3.83. The maximum Gasteiger partial charge on any atom is 0.414 e. The zero-order valence-electron chi connectivity index (χ0n) is 9.72. The van der Waals surface area contributed by atoms with Crippen molar-refractivity contribution < 1.29 is 17.9 Å². The van der Waals surface area contributed by atoms with Gasteiger partial charge >= 0.3 is 6.09 Å². The lowest BCUT2D eigenvalue weighted by Gasteiger charge is -2.16. The molecule has 0 bridgehead atoms. The van der Waals surface area contributed by atoms with Crippen LogP contribution in [-0.4, -0.2) is 27.7 Å². The Morgan fingerprint density at radius 1 is 1.50 bits per heavy atom. The minimum Gasteiger partial charge on any atom is -0.449 e. The maximum atomic E-state index is 11.6. The van der Waals surface area contributed by atoms with E-state index in [0.29, 0.717) is 25.3 Å². The molecule has 0 aromatic heterocycles. The second-order valence-corrected chi connectivity index (χ2v) is 6.39. The smallest absolute Gasteiger partial charge is 0.414 e. The number of benzene rings is 1. The molecule has 1 aliphatic rings. The van der Waals surface area contributed by atoms with E-state index >= 15 is 0 Å². The average molecular weight is 290 g/mol. The van der Waals surface area contributed by atoms with Crippen LogP contribution < -0.4 is 4.90 Å². The Hall–Kier alpha value is -1.27. The van der Waals surface area contributed by atoms with Crippen LogP contribution in [0.1, 0.15) is 12.5 Å². The van der Waals surface area contributed by atoms with Gasteiger partial charge in [0.15, 0.2) is 0 Å². The highest BCUT2D eigenvalue weighted by molar-refractivity contribution is 8.13. The number of halogens is 1. The summed E-state index contributed by atoms with van der Waals surface area (Å²) in [5, 5.41) is 0. The molecular formula is C11H12ClNO4S. The second kappa shape index (κ2) is 4.78. The van der Waals surface area contributed by atoms with Gasteiger partial charge < -0.3 is 4.74 Å². The van der Waals surface area contributed by atoms with Crippen molar-refractivity contribution in [3.8, 4) is 0 Å². The van der Waals surface area contributed by atoms with Crippen LogP contribution in [-0.2, 0) is 20.2 Å². The molecule has 1 aliphatic heterocycles. The van der Waals surface area contributed by atoms with Crippen LogP contribution >= 0.6 is 10.7 Å². The molecule has 1 amide bonds. The van der Waals surface area contributed by atoms with Gasteiger partial charge in [-0.1, -0.05) is 0 Å². The lowest BCUT2D eigenvalue weighted by Crippen LogP contribution is -2.29. The number of carbonyl (C=O) groups is 1. The Morgan fingerprint density at radius 2 is 2.22 bits per heavy atom. The van der Waals surface area contributed by atoms with Crippen molar-refractivity contribution in [2.75, 3.05) is 18.1 Å². The zero-order chi connectivity index (χ0) is 13.3. The molecule has 0 N–H and O–H groups in total. The van der Waals surface area contributed by atoms with Crippen LogP contribution in [0.3, 0.4) is 0 Å². The Morgan fingerprint density at radius 3 is 2.83 bits per heavy atom. The predicted molar refractivity (Wildman–Crippen MR) is 67.6 cm³/mol. The van der Waals surface area contributed by atoms with Crippen molar-refractivity contribution in [3.63, 3.8) is 0 Å². The molecule has 0 saturated carbocycles. The highest BCUT2D eigenvalue weighted by atomic mass is 35.7. The summed E-state index contributed by atoms with van der Waals surface area (Å²) in [6, 6.07) is 4.46. The number of hydrogen-bond donors (Lipinski definition) is 0. The standard InChI is InChI=1S/C11H12ClNO4S/c1-2-17-11(14)13-6-5-8-7-9(18(12,15)16)3-4-10(8)13/h3-4,7H,2,5-6H2,1H3. The quantitative estimate of drug-likeness (QED) is 0.783. The van der Waals surface area contributed by atoms with E-state index in [4.69, 9.17) is 15.4 Å². The number of amides is 1. The number of carbonyl (C=O) groups excluding carboxylic acids is 1. The molecule has 1 aromatic rings. The van der Waals surface area contributed by atoms with E-state index < -0.39 is 15.1 Å². The normalized spacial score (nSPS) is 14.4. The van der Waals surface area contributed by atoms with Gasteiger partial charge in [0.1, 0.15) is 0 Å². The molecule has 1 aromatic carbocycles. The fourth-order valence-corrected chi connectivity index (χ4v) is 2.72. The number of nitrogens with zero attached hydrogens (tertiary/aromatic N) is 1. The Labute approximate surface area is 110 Å². The third kappa shape index (κ3) is 2.44. The summed E-state index contributed by atoms with van der Waals surface area (Å²) in [5.74, 6) is 0. The van der Waals surface area contributed by atoms with Gasteiger partial charge in [0, 0.05) is 17.2 Å². The number of rotatable bonds is 2. The first-order chi connectivity index (χ1) is 8.43. The molecule has 98 valence electrons. The number of ether oxygens (including phenoxy) is 1. The summed E-state index contributed by atoms with van der Waals surface area (Å²) < 4.78 is 27.3. The summed E-state index contributed by atoms with van der Waals surface area (Å²) >= 11 is 0. The van der Waals surface area contributed by atoms with Crippen LogP contribution in [0.5, 0.6) is 0 Å². The first-order valence-corrected chi connectivity index (χ1v) is 7.76. The minimum atomic E-state index is -3.73. The van der Waals surface area contributed by atoms with E-state index in [2.05, 4.69) is 0 Å². The minimum absolute atomic E-state index is 0.0497. The monoisotopic (exact) mass is 289 g/mol. The molecule has 0 radical (unpaired) electrons. The fourth-order valence-electron chi connectivity index (χ4n) is 1.92. The predicted octanol–water partition coefficient (Wildman–Crippen LogP) is 2.13. The molecule has 7 heteroatoms. The SMILES string of the molecule is CCOC(=O)N1CCc2cc(S(=O)(=O)Cl)ccc21. The van der Waals surface area contributed by atoms with Crippen LogP contribution in [0, 0.1) is 0 Å². The first-order valence-electron chi connectivity index (χ1n) is 5.45. The number of fused-ring (bicyclic) bond motifs is 1. The molecule has 0 aliphatic carbocycles. The molecular weight excluding hydrogens is 278 g/mol. The topological polar surface area (TPSA) is 63.7 Å². The van der Waals surface area contributed by atoms with Crippen molar-refractivity contribution in [2.45, 2.75) is 18.2 Å². The highest BCUT2D eigenvalue weighted by Gasteiger charge is 2.26. The van der Waals surface area contributed by atoms with Gasteiger partial charge in [-0.15, -0.1) is 0 Å². The molecule has 0 saturated heterocycles. The fraction of sp³-hybridized carbons (Fsp3) is 0.364. The average Bonchev–Trinajstić information content (AvgIpc) is 2.70. The molecule has 0 spiro atoms. The van der Waals surface area contributed by atoms with E-state index in [0.717, 1.165) is 5.56 Å². The van der Waals surface area contributed by atoms with Crippen molar-refractivity contribution in [2.24, 2.45) is 0 Å². The number of hydrogen-bond acceptors (Lipinski definition) is 4. The van der Waals surface area contributed by atoms with E-state index in [1.165, 1.54) is 17.0 Å². The summed E-state index contributed by atoms with van der Waals surface area (Å²) in [6.07, 6.45) is 0.173. The van der Waals surface area contributed by atoms with Gasteiger partial charge in [-0.25, -0.2) is 13.2 Å². The van der Waals surface area contributed by atoms with E-state index in [1.807, 2.05) is 0 Å². The van der Waals surface area contributed by atoms with Gasteiger partial charge in [-0.2, -0.15) is 0 Å².